The lowest BCUT2D eigenvalue weighted by atomic mass is 9.91. The Morgan fingerprint density at radius 1 is 1.14 bits per heavy atom. The standard InChI is InChI=1S/C23H36N2O3/c1-15-13-16(2)21(18(4)26)17(3)20(15)14-25-11-9-19(10-12-25)24(8)22(27)28-23(5,6)7/h13,19H,9-12,14H2,1-8H3. The fourth-order valence-corrected chi connectivity index (χ4v) is 4.18. The summed E-state index contributed by atoms with van der Waals surface area (Å²) in [4.78, 5) is 28.5. The van der Waals surface area contributed by atoms with E-state index in [2.05, 4.69) is 24.8 Å². The predicted molar refractivity (Wildman–Crippen MR) is 113 cm³/mol. The van der Waals surface area contributed by atoms with Crippen LogP contribution in [0.15, 0.2) is 6.07 Å². The lowest BCUT2D eigenvalue weighted by molar-refractivity contribution is 0.0149. The molecule has 5 heteroatoms. The molecule has 0 aliphatic carbocycles. The Bertz CT molecular complexity index is 741. The van der Waals surface area contributed by atoms with E-state index in [1.54, 1.807) is 11.8 Å². The average molecular weight is 389 g/mol. The molecule has 1 aliphatic heterocycles. The number of ketones is 1. The third kappa shape index (κ3) is 5.34. The smallest absolute Gasteiger partial charge is 0.410 e. The maximum Gasteiger partial charge on any atom is 0.410 e. The van der Waals surface area contributed by atoms with Crippen molar-refractivity contribution >= 4 is 11.9 Å². The fraction of sp³-hybridized carbons (Fsp3) is 0.652. The van der Waals surface area contributed by atoms with Gasteiger partial charge in [0.1, 0.15) is 5.60 Å². The Balaban J connectivity index is 2.03. The van der Waals surface area contributed by atoms with Crippen LogP contribution in [0.5, 0.6) is 0 Å². The van der Waals surface area contributed by atoms with Gasteiger partial charge >= 0.3 is 6.09 Å². The van der Waals surface area contributed by atoms with Crippen molar-refractivity contribution in [1.82, 2.24) is 9.80 Å². The summed E-state index contributed by atoms with van der Waals surface area (Å²) in [5.74, 6) is 0.133. The van der Waals surface area contributed by atoms with Crippen molar-refractivity contribution in [2.24, 2.45) is 0 Å². The van der Waals surface area contributed by atoms with Gasteiger partial charge in [0.05, 0.1) is 0 Å². The second-order valence-electron chi connectivity index (χ2n) is 9.14. The van der Waals surface area contributed by atoms with Crippen molar-refractivity contribution in [2.75, 3.05) is 20.1 Å². The summed E-state index contributed by atoms with van der Waals surface area (Å²) >= 11 is 0. The number of hydrogen-bond donors (Lipinski definition) is 0. The highest BCUT2D eigenvalue weighted by Crippen LogP contribution is 2.26. The van der Waals surface area contributed by atoms with Crippen molar-refractivity contribution in [2.45, 2.75) is 79.5 Å². The molecule has 0 N–H and O–H groups in total. The van der Waals surface area contributed by atoms with E-state index in [0.29, 0.717) is 0 Å². The second kappa shape index (κ2) is 8.64. The monoisotopic (exact) mass is 388 g/mol. The van der Waals surface area contributed by atoms with Gasteiger partial charge < -0.3 is 9.64 Å². The fourth-order valence-electron chi connectivity index (χ4n) is 4.18. The second-order valence-corrected chi connectivity index (χ2v) is 9.14. The number of aryl methyl sites for hydroxylation is 2. The largest absolute Gasteiger partial charge is 0.444 e. The molecule has 0 unspecified atom stereocenters. The van der Waals surface area contributed by atoms with Crippen LogP contribution >= 0.6 is 0 Å². The number of amides is 1. The van der Waals surface area contributed by atoms with Crippen molar-refractivity contribution in [3.05, 3.63) is 33.9 Å². The Morgan fingerprint density at radius 3 is 2.21 bits per heavy atom. The predicted octanol–water partition coefficient (Wildman–Crippen LogP) is 4.65. The number of piperidine rings is 1. The van der Waals surface area contributed by atoms with E-state index in [-0.39, 0.29) is 17.9 Å². The van der Waals surface area contributed by atoms with Crippen molar-refractivity contribution in [1.29, 1.82) is 0 Å². The third-order valence-electron chi connectivity index (χ3n) is 5.65. The van der Waals surface area contributed by atoms with E-state index in [9.17, 15) is 9.59 Å². The van der Waals surface area contributed by atoms with Gasteiger partial charge in [-0.2, -0.15) is 0 Å². The van der Waals surface area contributed by atoms with Crippen molar-refractivity contribution < 1.29 is 14.3 Å². The highest BCUT2D eigenvalue weighted by molar-refractivity contribution is 5.97. The van der Waals surface area contributed by atoms with Crippen LogP contribution in [0, 0.1) is 20.8 Å². The number of carbonyl (C=O) groups is 2. The first-order valence-corrected chi connectivity index (χ1v) is 10.2. The third-order valence-corrected chi connectivity index (χ3v) is 5.65. The van der Waals surface area contributed by atoms with E-state index in [1.807, 2.05) is 34.7 Å². The Labute approximate surface area is 170 Å². The minimum Gasteiger partial charge on any atom is -0.444 e. The maximum absolute atomic E-state index is 12.3. The first-order valence-electron chi connectivity index (χ1n) is 10.2. The van der Waals surface area contributed by atoms with Crippen LogP contribution in [0.4, 0.5) is 4.79 Å². The zero-order valence-corrected chi connectivity index (χ0v) is 18.8. The molecule has 5 nitrogen and oxygen atoms in total. The van der Waals surface area contributed by atoms with Crippen molar-refractivity contribution in [3.63, 3.8) is 0 Å². The molecule has 1 saturated heterocycles. The molecule has 1 aliphatic rings. The number of hydrogen-bond acceptors (Lipinski definition) is 4. The van der Waals surface area contributed by atoms with Gasteiger partial charge in [-0.15, -0.1) is 0 Å². The number of Topliss-reactive ketones (excluding diaryl/α,β-unsaturated/α-hetero) is 1. The molecule has 1 fully saturated rings. The molecule has 1 heterocycles. The minimum atomic E-state index is -0.471. The van der Waals surface area contributed by atoms with E-state index < -0.39 is 5.60 Å². The summed E-state index contributed by atoms with van der Waals surface area (Å²) in [5, 5.41) is 0. The van der Waals surface area contributed by atoms with Crippen molar-refractivity contribution in [3.8, 4) is 0 Å². The molecule has 0 bridgehead atoms. The molecule has 1 aromatic rings. The van der Waals surface area contributed by atoms with Gasteiger partial charge in [0.25, 0.3) is 0 Å². The van der Waals surface area contributed by atoms with Crippen LogP contribution in [-0.4, -0.2) is 53.5 Å². The molecule has 0 saturated carbocycles. The molecular weight excluding hydrogens is 352 g/mol. The highest BCUT2D eigenvalue weighted by atomic mass is 16.6. The topological polar surface area (TPSA) is 49.9 Å². The van der Waals surface area contributed by atoms with E-state index in [1.165, 1.54) is 11.1 Å². The maximum atomic E-state index is 12.3. The van der Waals surface area contributed by atoms with Gasteiger partial charge in [-0.3, -0.25) is 9.69 Å². The first kappa shape index (κ1) is 22.4. The molecule has 0 atom stereocenters. The van der Waals surface area contributed by atoms with E-state index in [0.717, 1.165) is 49.2 Å². The summed E-state index contributed by atoms with van der Waals surface area (Å²) in [5.41, 5.74) is 5.06. The summed E-state index contributed by atoms with van der Waals surface area (Å²) in [6, 6.07) is 2.33. The molecule has 1 amide bonds. The highest BCUT2D eigenvalue weighted by Gasteiger charge is 2.29. The van der Waals surface area contributed by atoms with Crippen LogP contribution < -0.4 is 0 Å². The lowest BCUT2D eigenvalue weighted by Gasteiger charge is -2.37. The molecule has 0 radical (unpaired) electrons. The van der Waals surface area contributed by atoms with Gasteiger partial charge in [-0.05, 0) is 83.6 Å². The summed E-state index contributed by atoms with van der Waals surface area (Å²) in [7, 11) is 1.84. The summed E-state index contributed by atoms with van der Waals surface area (Å²) < 4.78 is 5.49. The quantitative estimate of drug-likeness (QED) is 0.705. The van der Waals surface area contributed by atoms with Crippen LogP contribution in [0.3, 0.4) is 0 Å². The van der Waals surface area contributed by atoms with Gasteiger partial charge in [0, 0.05) is 38.3 Å². The van der Waals surface area contributed by atoms with Gasteiger partial charge in [-0.25, -0.2) is 4.79 Å². The SMILES string of the molecule is CC(=O)c1c(C)cc(C)c(CN2CCC(N(C)C(=O)OC(C)(C)C)CC2)c1C. The molecule has 156 valence electrons. The zero-order valence-electron chi connectivity index (χ0n) is 18.8. The molecule has 0 spiro atoms. The Kier molecular flexibility index (Phi) is 6.92. The molecule has 28 heavy (non-hydrogen) atoms. The molecule has 1 aromatic carbocycles. The van der Waals surface area contributed by atoms with Crippen LogP contribution in [0.25, 0.3) is 0 Å². The molecule has 2 rings (SSSR count). The number of carbonyl (C=O) groups excluding carboxylic acids is 2. The lowest BCUT2D eigenvalue weighted by Crippen LogP contribution is -2.46. The number of likely N-dealkylation sites (tertiary alicyclic amines) is 1. The Morgan fingerprint density at radius 2 is 1.71 bits per heavy atom. The number of benzene rings is 1. The molecular formula is C23H36N2O3. The average Bonchev–Trinajstić information content (AvgIpc) is 2.56. The number of rotatable bonds is 4. The van der Waals surface area contributed by atoms with Crippen LogP contribution in [0.2, 0.25) is 0 Å². The van der Waals surface area contributed by atoms with Crippen LogP contribution in [-0.2, 0) is 11.3 Å². The summed E-state index contributed by atoms with van der Waals surface area (Å²) in [6.07, 6.45) is 1.61. The minimum absolute atomic E-state index is 0.133. The Hall–Kier alpha value is -1.88. The van der Waals surface area contributed by atoms with Gasteiger partial charge in [0.2, 0.25) is 0 Å². The molecule has 0 aromatic heterocycles. The number of nitrogens with zero attached hydrogens (tertiary/aromatic N) is 2. The number of ether oxygens (including phenoxy) is 1. The normalized spacial score (nSPS) is 16.1. The van der Waals surface area contributed by atoms with E-state index in [4.69, 9.17) is 4.74 Å². The first-order chi connectivity index (χ1) is 12.9. The van der Waals surface area contributed by atoms with Gasteiger partial charge in [0.15, 0.2) is 5.78 Å². The zero-order chi connectivity index (χ0) is 21.2. The summed E-state index contributed by atoms with van der Waals surface area (Å²) in [6.45, 7) is 16.2. The van der Waals surface area contributed by atoms with Gasteiger partial charge in [-0.1, -0.05) is 6.07 Å². The van der Waals surface area contributed by atoms with E-state index >= 15 is 0 Å². The van der Waals surface area contributed by atoms with Crippen LogP contribution in [0.1, 0.15) is 73.1 Å².